The second kappa shape index (κ2) is 8.37. The zero-order valence-electron chi connectivity index (χ0n) is 15.8. The van der Waals surface area contributed by atoms with E-state index < -0.39 is 11.4 Å². The Hall–Kier alpha value is -3.66. The van der Waals surface area contributed by atoms with Crippen molar-refractivity contribution < 1.29 is 13.9 Å². The van der Waals surface area contributed by atoms with Crippen molar-refractivity contribution in [3.05, 3.63) is 77.1 Å². The van der Waals surface area contributed by atoms with Crippen LogP contribution in [0.4, 0.5) is 10.1 Å². The van der Waals surface area contributed by atoms with Crippen molar-refractivity contribution in [2.24, 2.45) is 0 Å². The third-order valence-corrected chi connectivity index (χ3v) is 5.18. The summed E-state index contributed by atoms with van der Waals surface area (Å²) in [5, 5.41) is 11.1. The van der Waals surface area contributed by atoms with Crippen LogP contribution in [0.1, 0.15) is 0 Å². The van der Waals surface area contributed by atoms with Crippen LogP contribution < -0.4 is 15.6 Å². The number of hydrogen-bond donors (Lipinski definition) is 1. The van der Waals surface area contributed by atoms with Crippen LogP contribution in [0.2, 0.25) is 0 Å². The van der Waals surface area contributed by atoms with Crippen LogP contribution >= 0.6 is 11.8 Å². The van der Waals surface area contributed by atoms with Gasteiger partial charge in [0.25, 0.3) is 0 Å². The molecule has 1 N–H and O–H groups in total. The fraction of sp³-hybridized carbons (Fsp3) is 0.100. The first-order valence-corrected chi connectivity index (χ1v) is 9.83. The van der Waals surface area contributed by atoms with Gasteiger partial charge in [0.05, 0.1) is 24.2 Å². The molecular formula is C20H16FN5O3S. The van der Waals surface area contributed by atoms with E-state index in [4.69, 9.17) is 4.74 Å². The molecule has 0 radical (unpaired) electrons. The second-order valence-corrected chi connectivity index (χ2v) is 7.11. The topological polar surface area (TPSA) is 90.5 Å². The molecule has 4 aromatic rings. The van der Waals surface area contributed by atoms with Gasteiger partial charge in [-0.3, -0.25) is 18.6 Å². The van der Waals surface area contributed by atoms with Crippen LogP contribution in [0.5, 0.6) is 5.75 Å². The number of nitrogens with zero attached hydrogens (tertiary/aromatic N) is 4. The van der Waals surface area contributed by atoms with Crippen molar-refractivity contribution in [1.29, 1.82) is 0 Å². The highest BCUT2D eigenvalue weighted by atomic mass is 32.2. The summed E-state index contributed by atoms with van der Waals surface area (Å²) >= 11 is 1.14. The second-order valence-electron chi connectivity index (χ2n) is 6.17. The van der Waals surface area contributed by atoms with E-state index in [0.717, 1.165) is 11.8 Å². The number of hydrogen-bond acceptors (Lipinski definition) is 6. The predicted octanol–water partition coefficient (Wildman–Crippen LogP) is 2.76. The van der Waals surface area contributed by atoms with Gasteiger partial charge in [0.2, 0.25) is 11.6 Å². The highest BCUT2D eigenvalue weighted by Crippen LogP contribution is 2.24. The lowest BCUT2D eigenvalue weighted by atomic mass is 10.3. The minimum atomic E-state index is -0.446. The van der Waals surface area contributed by atoms with Gasteiger partial charge in [-0.2, -0.15) is 0 Å². The maximum atomic E-state index is 13.5. The molecule has 0 atom stereocenters. The zero-order valence-corrected chi connectivity index (χ0v) is 16.6. The number of fused-ring (bicyclic) bond motifs is 1. The summed E-state index contributed by atoms with van der Waals surface area (Å²) in [6.07, 6.45) is 3.11. The summed E-state index contributed by atoms with van der Waals surface area (Å²) in [6.45, 7) is 0. The van der Waals surface area contributed by atoms with Crippen LogP contribution in [0, 0.1) is 5.82 Å². The quantitative estimate of drug-likeness (QED) is 0.478. The molecule has 0 saturated heterocycles. The van der Waals surface area contributed by atoms with E-state index in [0.29, 0.717) is 22.3 Å². The third kappa shape index (κ3) is 3.90. The molecule has 8 nitrogen and oxygen atoms in total. The average molecular weight is 425 g/mol. The number of methoxy groups -OCH3 is 1. The fourth-order valence-corrected chi connectivity index (χ4v) is 3.58. The zero-order chi connectivity index (χ0) is 21.1. The Morgan fingerprint density at radius 3 is 2.80 bits per heavy atom. The molecule has 1 amide bonds. The molecule has 2 heterocycles. The molecule has 2 aromatic heterocycles. The molecule has 152 valence electrons. The summed E-state index contributed by atoms with van der Waals surface area (Å²) in [4.78, 5) is 25.0. The Bertz CT molecular complexity index is 1290. The summed E-state index contributed by atoms with van der Waals surface area (Å²) in [5.41, 5.74) is 0.584. The van der Waals surface area contributed by atoms with Crippen molar-refractivity contribution in [2.75, 3.05) is 18.2 Å². The van der Waals surface area contributed by atoms with Crippen LogP contribution in [-0.2, 0) is 4.79 Å². The molecule has 0 unspecified atom stereocenters. The summed E-state index contributed by atoms with van der Waals surface area (Å²) in [7, 11) is 1.53. The number of halogens is 1. The molecule has 10 heteroatoms. The number of thioether (sulfide) groups is 1. The van der Waals surface area contributed by atoms with Gasteiger partial charge in [-0.1, -0.05) is 30.0 Å². The Kier molecular flexibility index (Phi) is 5.48. The first-order valence-electron chi connectivity index (χ1n) is 8.85. The summed E-state index contributed by atoms with van der Waals surface area (Å²) in [5.74, 6) is -0.0830. The van der Waals surface area contributed by atoms with Gasteiger partial charge >= 0.3 is 5.56 Å². The number of aromatic nitrogens is 4. The Labute approximate surface area is 174 Å². The highest BCUT2D eigenvalue weighted by Gasteiger charge is 2.14. The number of nitrogens with one attached hydrogen (secondary N) is 1. The first kappa shape index (κ1) is 19.6. The van der Waals surface area contributed by atoms with Gasteiger partial charge in [-0.25, -0.2) is 4.39 Å². The number of carbonyl (C=O) groups is 1. The standard InChI is InChI=1S/C20H16FN5O3S/c1-29-16-8-3-2-7-15(16)22-17(27)12-30-20-24-23-18-19(28)25(9-10-26(18)20)14-6-4-5-13(21)11-14/h2-11H,12H2,1H3,(H,22,27). The molecule has 0 spiro atoms. The Morgan fingerprint density at radius 1 is 1.17 bits per heavy atom. The van der Waals surface area contributed by atoms with E-state index in [1.165, 1.54) is 40.5 Å². The summed E-state index contributed by atoms with van der Waals surface area (Å²) < 4.78 is 21.5. The SMILES string of the molecule is COc1ccccc1NC(=O)CSc1nnc2c(=O)n(-c3cccc(F)c3)ccn12. The number of amides is 1. The van der Waals surface area contributed by atoms with E-state index in [1.807, 2.05) is 6.07 Å². The molecule has 0 fully saturated rings. The lowest BCUT2D eigenvalue weighted by Crippen LogP contribution is -2.20. The van der Waals surface area contributed by atoms with Crippen molar-refractivity contribution in [1.82, 2.24) is 19.2 Å². The average Bonchev–Trinajstić information content (AvgIpc) is 3.17. The molecule has 0 aliphatic rings. The number of para-hydroxylation sites is 2. The van der Waals surface area contributed by atoms with Gasteiger partial charge < -0.3 is 10.1 Å². The van der Waals surface area contributed by atoms with Gasteiger partial charge in [0.1, 0.15) is 11.6 Å². The fourth-order valence-electron chi connectivity index (χ4n) is 2.86. The van der Waals surface area contributed by atoms with Crippen molar-refractivity contribution in [3.8, 4) is 11.4 Å². The van der Waals surface area contributed by atoms with E-state index >= 15 is 0 Å². The maximum Gasteiger partial charge on any atom is 0.300 e. The normalized spacial score (nSPS) is 10.9. The highest BCUT2D eigenvalue weighted by molar-refractivity contribution is 7.99. The van der Waals surface area contributed by atoms with Gasteiger partial charge in [-0.05, 0) is 30.3 Å². The molecule has 30 heavy (non-hydrogen) atoms. The molecule has 4 rings (SSSR count). The first-order chi connectivity index (χ1) is 14.6. The minimum Gasteiger partial charge on any atom is -0.495 e. The largest absolute Gasteiger partial charge is 0.495 e. The molecule has 0 bridgehead atoms. The van der Waals surface area contributed by atoms with E-state index in [9.17, 15) is 14.0 Å². The number of ether oxygens (including phenoxy) is 1. The molecule has 2 aromatic carbocycles. The maximum absolute atomic E-state index is 13.5. The number of benzene rings is 2. The van der Waals surface area contributed by atoms with Crippen LogP contribution in [0.3, 0.4) is 0 Å². The Morgan fingerprint density at radius 2 is 2.00 bits per heavy atom. The third-order valence-electron chi connectivity index (χ3n) is 4.24. The summed E-state index contributed by atoms with van der Waals surface area (Å²) in [6, 6.07) is 12.8. The number of carbonyl (C=O) groups excluding carboxylic acids is 1. The van der Waals surface area contributed by atoms with Crippen LogP contribution in [0.15, 0.2) is 70.9 Å². The van der Waals surface area contributed by atoms with E-state index in [1.54, 1.807) is 30.5 Å². The smallest absolute Gasteiger partial charge is 0.300 e. The van der Waals surface area contributed by atoms with E-state index in [-0.39, 0.29) is 17.3 Å². The number of anilines is 1. The van der Waals surface area contributed by atoms with Crippen LogP contribution in [-0.4, -0.2) is 37.9 Å². The van der Waals surface area contributed by atoms with Crippen molar-refractivity contribution >= 4 is 29.0 Å². The molecular weight excluding hydrogens is 409 g/mol. The van der Waals surface area contributed by atoms with Gasteiger partial charge in [0, 0.05) is 12.4 Å². The molecule has 0 saturated carbocycles. The molecule has 0 aliphatic heterocycles. The molecule has 0 aliphatic carbocycles. The predicted molar refractivity (Wildman–Crippen MR) is 111 cm³/mol. The lowest BCUT2D eigenvalue weighted by molar-refractivity contribution is -0.113. The van der Waals surface area contributed by atoms with E-state index in [2.05, 4.69) is 15.5 Å². The van der Waals surface area contributed by atoms with Crippen molar-refractivity contribution in [3.63, 3.8) is 0 Å². The monoisotopic (exact) mass is 425 g/mol. The van der Waals surface area contributed by atoms with Gasteiger partial charge in [-0.15, -0.1) is 10.2 Å². The van der Waals surface area contributed by atoms with Crippen LogP contribution in [0.25, 0.3) is 11.3 Å². The van der Waals surface area contributed by atoms with Crippen molar-refractivity contribution in [2.45, 2.75) is 5.16 Å². The lowest BCUT2D eigenvalue weighted by Gasteiger charge is -2.09. The number of rotatable bonds is 6. The van der Waals surface area contributed by atoms with Gasteiger partial charge in [0.15, 0.2) is 5.16 Å². The minimum absolute atomic E-state index is 0.0613. The Balaban J connectivity index is 1.52.